The number of nitrogens with one attached hydrogen (secondary N) is 1. The molecule has 0 radical (unpaired) electrons. The first-order valence-corrected chi connectivity index (χ1v) is 8.79. The predicted molar refractivity (Wildman–Crippen MR) is 85.1 cm³/mol. The Kier molecular flexibility index (Phi) is 7.32. The molecule has 2 atom stereocenters. The summed E-state index contributed by atoms with van der Waals surface area (Å²) in [5.41, 5.74) is 0. The topological polar surface area (TPSA) is 24.5 Å². The van der Waals surface area contributed by atoms with Crippen molar-refractivity contribution < 1.29 is 4.74 Å². The summed E-state index contributed by atoms with van der Waals surface area (Å²) >= 11 is 0. The molecule has 1 heterocycles. The van der Waals surface area contributed by atoms with Crippen LogP contribution >= 0.6 is 0 Å². The van der Waals surface area contributed by atoms with Crippen LogP contribution in [0.5, 0.6) is 0 Å². The molecular weight excluding hydrogens is 248 g/mol. The molecular formula is C17H34N2O. The number of hydrogen-bond acceptors (Lipinski definition) is 3. The van der Waals surface area contributed by atoms with Gasteiger partial charge in [0.15, 0.2) is 0 Å². The molecule has 0 spiro atoms. The standard InChI is InChI=1S/C17H34N2O/c1-3-18-17-8-6-4-5-7-16(17)14-19(2)13-15-9-11-20-12-10-15/h15-18H,3-14H2,1-2H3. The van der Waals surface area contributed by atoms with E-state index in [1.54, 1.807) is 0 Å². The van der Waals surface area contributed by atoms with Crippen molar-refractivity contribution in [2.45, 2.75) is 57.9 Å². The highest BCUT2D eigenvalue weighted by atomic mass is 16.5. The van der Waals surface area contributed by atoms with Gasteiger partial charge in [0.1, 0.15) is 0 Å². The summed E-state index contributed by atoms with van der Waals surface area (Å²) in [7, 11) is 2.32. The average Bonchev–Trinajstić information content (AvgIpc) is 2.66. The monoisotopic (exact) mass is 282 g/mol. The van der Waals surface area contributed by atoms with Crippen LogP contribution in [0.25, 0.3) is 0 Å². The maximum absolute atomic E-state index is 5.47. The molecule has 2 aliphatic rings. The van der Waals surface area contributed by atoms with Crippen molar-refractivity contribution in [1.29, 1.82) is 0 Å². The average molecular weight is 282 g/mol. The smallest absolute Gasteiger partial charge is 0.0469 e. The molecule has 20 heavy (non-hydrogen) atoms. The highest BCUT2D eigenvalue weighted by Gasteiger charge is 2.25. The Morgan fingerprint density at radius 1 is 1.00 bits per heavy atom. The third kappa shape index (κ3) is 5.34. The van der Waals surface area contributed by atoms with E-state index >= 15 is 0 Å². The summed E-state index contributed by atoms with van der Waals surface area (Å²) in [5.74, 6) is 1.71. The van der Waals surface area contributed by atoms with E-state index < -0.39 is 0 Å². The van der Waals surface area contributed by atoms with E-state index in [2.05, 4.69) is 24.2 Å². The fourth-order valence-corrected chi connectivity index (χ4v) is 3.98. The SMILES string of the molecule is CCNC1CCCCCC1CN(C)CC1CCOCC1. The number of rotatable bonds is 6. The molecule has 118 valence electrons. The van der Waals surface area contributed by atoms with Crippen LogP contribution in [0, 0.1) is 11.8 Å². The van der Waals surface area contributed by atoms with Crippen LogP contribution < -0.4 is 5.32 Å². The summed E-state index contributed by atoms with van der Waals surface area (Å²) in [6.45, 7) is 7.84. The van der Waals surface area contributed by atoms with Crippen molar-refractivity contribution >= 4 is 0 Å². The molecule has 0 bridgehead atoms. The van der Waals surface area contributed by atoms with E-state index in [4.69, 9.17) is 4.74 Å². The number of nitrogens with zero attached hydrogens (tertiary/aromatic N) is 1. The van der Waals surface area contributed by atoms with Gasteiger partial charge >= 0.3 is 0 Å². The van der Waals surface area contributed by atoms with Crippen molar-refractivity contribution in [3.05, 3.63) is 0 Å². The summed E-state index contributed by atoms with van der Waals surface area (Å²) in [4.78, 5) is 2.59. The fourth-order valence-electron chi connectivity index (χ4n) is 3.98. The fraction of sp³-hybridized carbons (Fsp3) is 1.00. The van der Waals surface area contributed by atoms with Crippen molar-refractivity contribution in [3.8, 4) is 0 Å². The Morgan fingerprint density at radius 3 is 2.50 bits per heavy atom. The molecule has 0 aromatic heterocycles. The second kappa shape index (κ2) is 9.01. The minimum Gasteiger partial charge on any atom is -0.381 e. The van der Waals surface area contributed by atoms with Gasteiger partial charge < -0.3 is 15.0 Å². The Labute approximate surface area is 125 Å². The van der Waals surface area contributed by atoms with Gasteiger partial charge in [0.05, 0.1) is 0 Å². The van der Waals surface area contributed by atoms with Crippen LogP contribution in [0.4, 0.5) is 0 Å². The minimum atomic E-state index is 0.750. The molecule has 2 unspecified atom stereocenters. The molecule has 2 fully saturated rings. The molecule has 2 rings (SSSR count). The second-order valence-corrected chi connectivity index (χ2v) is 6.84. The first-order valence-electron chi connectivity index (χ1n) is 8.79. The van der Waals surface area contributed by atoms with Crippen LogP contribution in [0.1, 0.15) is 51.9 Å². The zero-order chi connectivity index (χ0) is 14.2. The van der Waals surface area contributed by atoms with Crippen LogP contribution in [0.3, 0.4) is 0 Å². The maximum Gasteiger partial charge on any atom is 0.0469 e. The maximum atomic E-state index is 5.47. The Balaban J connectivity index is 1.78. The van der Waals surface area contributed by atoms with Crippen molar-refractivity contribution in [3.63, 3.8) is 0 Å². The molecule has 0 aromatic carbocycles. The van der Waals surface area contributed by atoms with Crippen LogP contribution in [-0.4, -0.2) is 50.8 Å². The third-order valence-corrected chi connectivity index (χ3v) is 5.08. The van der Waals surface area contributed by atoms with E-state index in [9.17, 15) is 0 Å². The summed E-state index contributed by atoms with van der Waals surface area (Å²) in [6.07, 6.45) is 9.58. The Bertz CT molecular complexity index is 253. The van der Waals surface area contributed by atoms with Crippen LogP contribution in [0.2, 0.25) is 0 Å². The van der Waals surface area contributed by atoms with Gasteiger partial charge in [0, 0.05) is 32.3 Å². The summed E-state index contributed by atoms with van der Waals surface area (Å²) < 4.78 is 5.47. The predicted octanol–water partition coefficient (Wildman–Crippen LogP) is 2.90. The van der Waals surface area contributed by atoms with Gasteiger partial charge in [-0.15, -0.1) is 0 Å². The lowest BCUT2D eigenvalue weighted by atomic mass is 9.93. The third-order valence-electron chi connectivity index (χ3n) is 5.08. The molecule has 1 aliphatic carbocycles. The lowest BCUT2D eigenvalue weighted by Crippen LogP contribution is -2.42. The highest BCUT2D eigenvalue weighted by molar-refractivity contribution is 4.81. The van der Waals surface area contributed by atoms with E-state index in [0.29, 0.717) is 0 Å². The zero-order valence-electron chi connectivity index (χ0n) is 13.6. The van der Waals surface area contributed by atoms with E-state index in [-0.39, 0.29) is 0 Å². The molecule has 1 saturated heterocycles. The number of hydrogen-bond donors (Lipinski definition) is 1. The molecule has 1 aliphatic heterocycles. The highest BCUT2D eigenvalue weighted by Crippen LogP contribution is 2.25. The number of ether oxygens (including phenoxy) is 1. The molecule has 0 amide bonds. The molecule has 0 aromatic rings. The Hall–Kier alpha value is -0.120. The minimum absolute atomic E-state index is 0.750. The van der Waals surface area contributed by atoms with E-state index in [1.165, 1.54) is 58.0 Å². The normalized spacial score (nSPS) is 29.6. The zero-order valence-corrected chi connectivity index (χ0v) is 13.6. The van der Waals surface area contributed by atoms with Gasteiger partial charge in [-0.1, -0.05) is 26.2 Å². The van der Waals surface area contributed by atoms with Crippen molar-refractivity contribution in [1.82, 2.24) is 10.2 Å². The van der Waals surface area contributed by atoms with Crippen LogP contribution in [0.15, 0.2) is 0 Å². The van der Waals surface area contributed by atoms with E-state index in [1.807, 2.05) is 0 Å². The lowest BCUT2D eigenvalue weighted by Gasteiger charge is -2.32. The second-order valence-electron chi connectivity index (χ2n) is 6.84. The van der Waals surface area contributed by atoms with Gasteiger partial charge in [-0.3, -0.25) is 0 Å². The molecule has 3 heteroatoms. The van der Waals surface area contributed by atoms with Gasteiger partial charge in [0.2, 0.25) is 0 Å². The first kappa shape index (κ1) is 16.3. The van der Waals surface area contributed by atoms with Crippen molar-refractivity contribution in [2.75, 3.05) is 39.9 Å². The summed E-state index contributed by atoms with van der Waals surface area (Å²) in [5, 5.41) is 3.74. The largest absolute Gasteiger partial charge is 0.381 e. The quantitative estimate of drug-likeness (QED) is 0.758. The van der Waals surface area contributed by atoms with Gasteiger partial charge in [0.25, 0.3) is 0 Å². The van der Waals surface area contributed by atoms with Crippen molar-refractivity contribution in [2.24, 2.45) is 11.8 Å². The summed E-state index contributed by atoms with van der Waals surface area (Å²) in [6, 6.07) is 0.750. The van der Waals surface area contributed by atoms with Gasteiger partial charge in [-0.25, -0.2) is 0 Å². The van der Waals surface area contributed by atoms with Crippen LogP contribution in [-0.2, 0) is 4.74 Å². The Morgan fingerprint density at radius 2 is 1.75 bits per heavy atom. The van der Waals surface area contributed by atoms with Gasteiger partial charge in [-0.05, 0) is 51.1 Å². The molecule has 3 nitrogen and oxygen atoms in total. The molecule has 1 saturated carbocycles. The first-order chi connectivity index (χ1) is 9.79. The lowest BCUT2D eigenvalue weighted by molar-refractivity contribution is 0.0529. The van der Waals surface area contributed by atoms with E-state index in [0.717, 1.165) is 37.6 Å². The van der Waals surface area contributed by atoms with Gasteiger partial charge in [-0.2, -0.15) is 0 Å². The molecule has 1 N–H and O–H groups in total.